The molecule has 1 heterocycles. The highest BCUT2D eigenvalue weighted by molar-refractivity contribution is 5.97. The van der Waals surface area contributed by atoms with Crippen molar-refractivity contribution < 1.29 is 14.4 Å². The van der Waals surface area contributed by atoms with Crippen molar-refractivity contribution in [2.24, 2.45) is 5.92 Å². The molecular formula is C21H38N4O3. The number of likely N-dealkylation sites (tertiary alicyclic amines) is 1. The van der Waals surface area contributed by atoms with Gasteiger partial charge in [-0.2, -0.15) is 0 Å². The summed E-state index contributed by atoms with van der Waals surface area (Å²) in [4.78, 5) is 39.0. The van der Waals surface area contributed by atoms with E-state index in [0.29, 0.717) is 6.54 Å². The highest BCUT2D eigenvalue weighted by atomic mass is 16.2. The number of nitrogens with one attached hydrogen (secondary N) is 3. The number of urea groups is 1. The SMILES string of the molecule is CCCCCCNC(=O)[C@@H]1CCCN([C@H](C)C(=O)NC(=O)NC2CCCC2)C1. The smallest absolute Gasteiger partial charge is 0.321 e. The number of nitrogens with zero attached hydrogens (tertiary/aromatic N) is 1. The summed E-state index contributed by atoms with van der Waals surface area (Å²) < 4.78 is 0. The molecule has 0 aromatic carbocycles. The lowest BCUT2D eigenvalue weighted by Crippen LogP contribution is -2.54. The summed E-state index contributed by atoms with van der Waals surface area (Å²) in [5.74, 6) is -0.286. The van der Waals surface area contributed by atoms with Crippen LogP contribution in [0.1, 0.15) is 78.1 Å². The van der Waals surface area contributed by atoms with Gasteiger partial charge in [0.2, 0.25) is 11.8 Å². The molecule has 7 nitrogen and oxygen atoms in total. The number of amides is 4. The van der Waals surface area contributed by atoms with E-state index >= 15 is 0 Å². The van der Waals surface area contributed by atoms with Crippen molar-refractivity contribution in [1.29, 1.82) is 0 Å². The van der Waals surface area contributed by atoms with Crippen LogP contribution in [0.5, 0.6) is 0 Å². The van der Waals surface area contributed by atoms with E-state index in [1.54, 1.807) is 0 Å². The summed E-state index contributed by atoms with van der Waals surface area (Å²) in [6.07, 6.45) is 10.5. The standard InChI is InChI=1S/C21H38N4O3/c1-3-4-5-8-13-22-20(27)17-10-9-14-25(15-17)16(2)19(26)24-21(28)23-18-11-6-7-12-18/h16-18H,3-15H2,1-2H3,(H,22,27)(H2,23,24,26,28)/t16-,17-/m1/s1. The van der Waals surface area contributed by atoms with E-state index < -0.39 is 12.1 Å². The Morgan fingerprint density at radius 3 is 2.50 bits per heavy atom. The summed E-state index contributed by atoms with van der Waals surface area (Å²) in [6, 6.07) is -0.639. The van der Waals surface area contributed by atoms with Crippen LogP contribution in [0, 0.1) is 5.92 Å². The molecule has 2 aliphatic rings. The Labute approximate surface area is 169 Å². The first-order chi connectivity index (χ1) is 13.5. The van der Waals surface area contributed by atoms with Gasteiger partial charge in [0.25, 0.3) is 0 Å². The normalized spacial score (nSPS) is 21.9. The number of carbonyl (C=O) groups excluding carboxylic acids is 3. The highest BCUT2D eigenvalue weighted by Crippen LogP contribution is 2.19. The van der Waals surface area contributed by atoms with Crippen LogP contribution in [0.25, 0.3) is 0 Å². The van der Waals surface area contributed by atoms with Crippen LogP contribution in [0.4, 0.5) is 4.79 Å². The van der Waals surface area contributed by atoms with Gasteiger partial charge in [0, 0.05) is 19.1 Å². The second-order valence-electron chi connectivity index (χ2n) is 8.31. The van der Waals surface area contributed by atoms with Crippen LogP contribution in [-0.2, 0) is 9.59 Å². The van der Waals surface area contributed by atoms with Gasteiger partial charge in [0.05, 0.1) is 12.0 Å². The van der Waals surface area contributed by atoms with Crippen LogP contribution in [-0.4, -0.2) is 54.5 Å². The molecule has 1 aliphatic carbocycles. The molecule has 1 aliphatic heterocycles. The Morgan fingerprint density at radius 2 is 1.79 bits per heavy atom. The fourth-order valence-corrected chi connectivity index (χ4v) is 4.15. The zero-order valence-corrected chi connectivity index (χ0v) is 17.6. The molecule has 2 rings (SSSR count). The Kier molecular flexibility index (Phi) is 9.75. The maximum Gasteiger partial charge on any atom is 0.321 e. The van der Waals surface area contributed by atoms with Crippen molar-refractivity contribution in [2.45, 2.75) is 90.1 Å². The summed E-state index contributed by atoms with van der Waals surface area (Å²) >= 11 is 0. The molecule has 28 heavy (non-hydrogen) atoms. The number of imide groups is 1. The molecule has 2 atom stereocenters. The van der Waals surface area contributed by atoms with Gasteiger partial charge < -0.3 is 10.6 Å². The van der Waals surface area contributed by atoms with E-state index in [2.05, 4.69) is 22.9 Å². The summed E-state index contributed by atoms with van der Waals surface area (Å²) in [5, 5.41) is 8.39. The van der Waals surface area contributed by atoms with Crippen LogP contribution < -0.4 is 16.0 Å². The van der Waals surface area contributed by atoms with Crippen molar-refractivity contribution in [2.75, 3.05) is 19.6 Å². The predicted octanol–water partition coefficient (Wildman–Crippen LogP) is 2.55. The lowest BCUT2D eigenvalue weighted by atomic mass is 9.95. The Hall–Kier alpha value is -1.63. The monoisotopic (exact) mass is 394 g/mol. The molecule has 4 amide bonds. The average molecular weight is 395 g/mol. The lowest BCUT2D eigenvalue weighted by Gasteiger charge is -2.35. The van der Waals surface area contributed by atoms with Gasteiger partial charge in [0.1, 0.15) is 0 Å². The molecule has 3 N–H and O–H groups in total. The minimum Gasteiger partial charge on any atom is -0.356 e. The van der Waals surface area contributed by atoms with E-state index in [4.69, 9.17) is 0 Å². The number of hydrogen-bond acceptors (Lipinski definition) is 4. The third-order valence-electron chi connectivity index (χ3n) is 6.01. The maximum atomic E-state index is 12.5. The second-order valence-corrected chi connectivity index (χ2v) is 8.31. The van der Waals surface area contributed by atoms with Crippen LogP contribution in [0.2, 0.25) is 0 Å². The number of hydrogen-bond donors (Lipinski definition) is 3. The lowest BCUT2D eigenvalue weighted by molar-refractivity contribution is -0.130. The molecule has 2 fully saturated rings. The van der Waals surface area contributed by atoms with Crippen LogP contribution in [0.15, 0.2) is 0 Å². The number of unbranched alkanes of at least 4 members (excludes halogenated alkanes) is 3. The van der Waals surface area contributed by atoms with Gasteiger partial charge in [-0.3, -0.25) is 19.8 Å². The van der Waals surface area contributed by atoms with Gasteiger partial charge in [-0.25, -0.2) is 4.79 Å². The predicted molar refractivity (Wildman–Crippen MR) is 110 cm³/mol. The molecule has 1 saturated carbocycles. The molecule has 0 spiro atoms. The zero-order valence-electron chi connectivity index (χ0n) is 17.6. The summed E-state index contributed by atoms with van der Waals surface area (Å²) in [7, 11) is 0. The van der Waals surface area contributed by atoms with Gasteiger partial charge in [-0.1, -0.05) is 39.0 Å². The van der Waals surface area contributed by atoms with Crippen molar-refractivity contribution in [3.63, 3.8) is 0 Å². The maximum absolute atomic E-state index is 12.5. The highest BCUT2D eigenvalue weighted by Gasteiger charge is 2.31. The second kappa shape index (κ2) is 12.0. The molecule has 7 heteroatoms. The topological polar surface area (TPSA) is 90.5 Å². The Balaban J connectivity index is 1.72. The van der Waals surface area contributed by atoms with E-state index in [0.717, 1.165) is 64.5 Å². The minimum atomic E-state index is -0.422. The number of carbonyl (C=O) groups is 3. The van der Waals surface area contributed by atoms with Gasteiger partial charge in [0.15, 0.2) is 0 Å². The van der Waals surface area contributed by atoms with Crippen LogP contribution >= 0.6 is 0 Å². The van der Waals surface area contributed by atoms with E-state index in [-0.39, 0.29) is 23.8 Å². The van der Waals surface area contributed by atoms with Gasteiger partial charge in [-0.15, -0.1) is 0 Å². The van der Waals surface area contributed by atoms with Crippen molar-refractivity contribution in [3.8, 4) is 0 Å². The summed E-state index contributed by atoms with van der Waals surface area (Å²) in [6.45, 7) is 6.06. The van der Waals surface area contributed by atoms with Gasteiger partial charge >= 0.3 is 6.03 Å². The van der Waals surface area contributed by atoms with E-state index in [1.165, 1.54) is 12.8 Å². The fraction of sp³-hybridized carbons (Fsp3) is 0.857. The molecule has 0 aromatic heterocycles. The molecule has 0 bridgehead atoms. The van der Waals surface area contributed by atoms with E-state index in [1.807, 2.05) is 11.8 Å². The largest absolute Gasteiger partial charge is 0.356 e. The molecule has 0 aromatic rings. The molecule has 0 radical (unpaired) electrons. The number of rotatable bonds is 9. The number of piperidine rings is 1. The quantitative estimate of drug-likeness (QED) is 0.524. The third-order valence-corrected chi connectivity index (χ3v) is 6.01. The fourth-order valence-electron chi connectivity index (χ4n) is 4.15. The molecular weight excluding hydrogens is 356 g/mol. The van der Waals surface area contributed by atoms with Gasteiger partial charge in [-0.05, 0) is 45.6 Å². The first-order valence-electron chi connectivity index (χ1n) is 11.1. The molecule has 160 valence electrons. The molecule has 0 unspecified atom stereocenters. The third kappa shape index (κ3) is 7.41. The first-order valence-corrected chi connectivity index (χ1v) is 11.1. The van der Waals surface area contributed by atoms with Crippen molar-refractivity contribution in [1.82, 2.24) is 20.9 Å². The molecule has 1 saturated heterocycles. The summed E-state index contributed by atoms with van der Waals surface area (Å²) in [5.41, 5.74) is 0. The van der Waals surface area contributed by atoms with Crippen molar-refractivity contribution >= 4 is 17.8 Å². The van der Waals surface area contributed by atoms with Crippen molar-refractivity contribution in [3.05, 3.63) is 0 Å². The first kappa shape index (κ1) is 22.7. The van der Waals surface area contributed by atoms with Crippen LogP contribution in [0.3, 0.4) is 0 Å². The minimum absolute atomic E-state index is 0.0810. The Bertz CT molecular complexity index is 520. The Morgan fingerprint density at radius 1 is 1.04 bits per heavy atom. The average Bonchev–Trinajstić information content (AvgIpc) is 3.19. The zero-order chi connectivity index (χ0) is 20.4. The van der Waals surface area contributed by atoms with E-state index in [9.17, 15) is 14.4 Å².